The normalized spacial score (nSPS) is 12.4. The summed E-state index contributed by atoms with van der Waals surface area (Å²) in [7, 11) is 4.10. The van der Waals surface area contributed by atoms with Crippen molar-refractivity contribution >= 4 is 17.2 Å². The first kappa shape index (κ1) is 48.8. The second kappa shape index (κ2) is 22.7. The molecule has 0 fully saturated rings. The van der Waals surface area contributed by atoms with Gasteiger partial charge in [-0.15, -0.1) is 0 Å². The first-order valence-electron chi connectivity index (χ1n) is 24.3. The maximum absolute atomic E-state index is 6.30. The number of rotatable bonds is 15. The van der Waals surface area contributed by atoms with Gasteiger partial charge in [0, 0.05) is 77.3 Å². The predicted octanol–water partition coefficient (Wildman–Crippen LogP) is 14.0. The molecule has 2 atom stereocenters. The molecule has 0 bridgehead atoms. The number of aromatic amines is 1. The molecular weight excluding hydrogens is 904 g/mol. The van der Waals surface area contributed by atoms with Crippen LogP contribution in [0.25, 0.3) is 28.1 Å². The number of benzene rings is 6. The summed E-state index contributed by atoms with van der Waals surface area (Å²) < 4.78 is 2.12. The Morgan fingerprint density at radius 2 is 1.12 bits per heavy atom. The molecule has 2 N–H and O–H groups in total. The standard InChI is InChI=1S/C45H39ClN4.C18H20N4/c1-33-42(32-50(48-33)45(38-18-10-5-11-19-38,39-20-12-6-13-21-39)40-22-14-7-15-23-40)44-29-26-37(30-47-44)43(36-24-27-41(46)28-25-36)31-49(3)34(2)35-16-8-4-9-17-35;1-13-16(12-21-22-13)18-9-8-15(10-20-18)17(11-19-2)14-6-4-3-5-7-14/h4-32,34H,1-3H3;3-10,12,17,19H,11H2,1-2H3,(H,21,22)/b43-31-;/t34-;/m0./s1. The van der Waals surface area contributed by atoms with Crippen molar-refractivity contribution in [3.63, 3.8) is 0 Å². The molecule has 9 heteroatoms. The fourth-order valence-electron chi connectivity index (χ4n) is 9.46. The molecule has 0 spiro atoms. The maximum atomic E-state index is 6.30. The molecule has 0 aliphatic heterocycles. The minimum absolute atomic E-state index is 0.179. The first-order valence-corrected chi connectivity index (χ1v) is 24.7. The van der Waals surface area contributed by atoms with Crippen LogP contribution in [0, 0.1) is 13.8 Å². The topological polar surface area (TPSA) is 87.6 Å². The van der Waals surface area contributed by atoms with Crippen LogP contribution in [0.1, 0.15) is 74.8 Å². The van der Waals surface area contributed by atoms with E-state index in [-0.39, 0.29) is 6.04 Å². The highest BCUT2D eigenvalue weighted by molar-refractivity contribution is 6.30. The van der Waals surface area contributed by atoms with Gasteiger partial charge in [0.2, 0.25) is 0 Å². The molecule has 10 aromatic rings. The highest BCUT2D eigenvalue weighted by Gasteiger charge is 2.40. The maximum Gasteiger partial charge on any atom is 0.138 e. The van der Waals surface area contributed by atoms with Gasteiger partial charge in [0.1, 0.15) is 5.54 Å². The Bertz CT molecular complexity index is 3190. The number of aryl methyl sites for hydroxylation is 2. The Kier molecular flexibility index (Phi) is 15.4. The summed E-state index contributed by atoms with van der Waals surface area (Å²) in [4.78, 5) is 11.9. The lowest BCUT2D eigenvalue weighted by molar-refractivity contribution is 0.362. The monoisotopic (exact) mass is 962 g/mol. The molecule has 1 unspecified atom stereocenters. The molecule has 0 aliphatic carbocycles. The molecule has 0 aliphatic rings. The van der Waals surface area contributed by atoms with Crippen LogP contribution in [0.15, 0.2) is 231 Å². The Morgan fingerprint density at radius 1 is 0.611 bits per heavy atom. The molecule has 0 radical (unpaired) electrons. The van der Waals surface area contributed by atoms with Gasteiger partial charge in [-0.25, -0.2) is 0 Å². The van der Waals surface area contributed by atoms with Crippen LogP contribution in [-0.4, -0.2) is 55.5 Å². The lowest BCUT2D eigenvalue weighted by atomic mass is 9.77. The van der Waals surface area contributed by atoms with E-state index in [1.807, 2.05) is 50.8 Å². The summed E-state index contributed by atoms with van der Waals surface area (Å²) in [6, 6.07) is 69.6. The van der Waals surface area contributed by atoms with Gasteiger partial charge in [0.25, 0.3) is 0 Å². The smallest absolute Gasteiger partial charge is 0.138 e. The van der Waals surface area contributed by atoms with E-state index >= 15 is 0 Å². The van der Waals surface area contributed by atoms with Crippen molar-refractivity contribution in [1.29, 1.82) is 0 Å². The highest BCUT2D eigenvalue weighted by Crippen LogP contribution is 2.42. The molecule has 10 rings (SSSR count). The summed E-state index contributed by atoms with van der Waals surface area (Å²) in [6.45, 7) is 7.17. The SMILES string of the molecule is CNCC(c1ccccc1)c1ccc(-c2cn[nH]c2C)nc1.Cc1nn(C(c2ccccc2)(c2ccccc2)c2ccccc2)cc1-c1ccc(/C(=C\N(C)[C@@H](C)c2ccccc2)c2ccc(Cl)cc2)cn1. The zero-order valence-electron chi connectivity index (χ0n) is 41.4. The fraction of sp³-hybridized carbons (Fsp3) is 0.143. The van der Waals surface area contributed by atoms with Crippen molar-refractivity contribution < 1.29 is 0 Å². The number of hydrogen-bond acceptors (Lipinski definition) is 6. The second-order valence-corrected chi connectivity index (χ2v) is 18.5. The Morgan fingerprint density at radius 3 is 1.62 bits per heavy atom. The third-order valence-electron chi connectivity index (χ3n) is 13.5. The van der Waals surface area contributed by atoms with Crippen LogP contribution in [-0.2, 0) is 5.54 Å². The van der Waals surface area contributed by atoms with E-state index in [1.54, 1.807) is 0 Å². The van der Waals surface area contributed by atoms with Crippen molar-refractivity contribution in [3.8, 4) is 22.5 Å². The van der Waals surface area contributed by atoms with Crippen LogP contribution in [0.4, 0.5) is 0 Å². The van der Waals surface area contributed by atoms with Gasteiger partial charge >= 0.3 is 0 Å². The molecule has 4 aromatic heterocycles. The van der Waals surface area contributed by atoms with E-state index in [0.717, 1.165) is 73.8 Å². The lowest BCUT2D eigenvalue weighted by Gasteiger charge is -2.36. The average Bonchev–Trinajstić information content (AvgIpc) is 4.06. The number of H-pyrrole nitrogens is 1. The largest absolute Gasteiger partial charge is 0.373 e. The number of likely N-dealkylation sites (N-methyl/N-ethyl adjacent to an activating group) is 1. The van der Waals surface area contributed by atoms with Crippen molar-refractivity contribution in [1.82, 2.24) is 40.2 Å². The van der Waals surface area contributed by atoms with Crippen LogP contribution >= 0.6 is 11.6 Å². The van der Waals surface area contributed by atoms with Crippen molar-refractivity contribution in [2.24, 2.45) is 0 Å². The summed E-state index contributed by atoms with van der Waals surface area (Å²) in [5, 5.41) is 16.2. The third kappa shape index (κ3) is 10.6. The van der Waals surface area contributed by atoms with E-state index in [0.29, 0.717) is 10.9 Å². The molecule has 8 nitrogen and oxygen atoms in total. The molecule has 0 amide bonds. The lowest BCUT2D eigenvalue weighted by Crippen LogP contribution is -2.38. The highest BCUT2D eigenvalue weighted by atomic mass is 35.5. The summed E-state index contributed by atoms with van der Waals surface area (Å²) in [5.41, 5.74) is 15.4. The molecule has 0 saturated carbocycles. The molecule has 72 heavy (non-hydrogen) atoms. The molecule has 0 saturated heterocycles. The number of pyridine rings is 2. The predicted molar refractivity (Wildman–Crippen MR) is 295 cm³/mol. The van der Waals surface area contributed by atoms with Gasteiger partial charge < -0.3 is 10.2 Å². The van der Waals surface area contributed by atoms with Crippen molar-refractivity contribution in [3.05, 3.63) is 292 Å². The van der Waals surface area contributed by atoms with E-state index in [2.05, 4.69) is 245 Å². The summed E-state index contributed by atoms with van der Waals surface area (Å²) >= 11 is 6.30. The third-order valence-corrected chi connectivity index (χ3v) is 13.7. The fourth-order valence-corrected chi connectivity index (χ4v) is 9.58. The van der Waals surface area contributed by atoms with Crippen LogP contribution in [0.5, 0.6) is 0 Å². The Labute approximate surface area is 428 Å². The summed E-state index contributed by atoms with van der Waals surface area (Å²) in [6.07, 6.45) is 10.1. The molecule has 6 aromatic carbocycles. The minimum atomic E-state index is -0.697. The Hall–Kier alpha value is -8.17. The van der Waals surface area contributed by atoms with Gasteiger partial charge in [-0.05, 0) is 91.0 Å². The van der Waals surface area contributed by atoms with Gasteiger partial charge in [-0.2, -0.15) is 10.2 Å². The molecular formula is C63H59ClN8. The minimum Gasteiger partial charge on any atom is -0.373 e. The van der Waals surface area contributed by atoms with Gasteiger partial charge in [0.05, 0.1) is 29.3 Å². The number of nitrogens with zero attached hydrogens (tertiary/aromatic N) is 6. The van der Waals surface area contributed by atoms with Crippen LogP contribution < -0.4 is 5.32 Å². The first-order chi connectivity index (χ1) is 35.2. The van der Waals surface area contributed by atoms with Gasteiger partial charge in [-0.1, -0.05) is 188 Å². The van der Waals surface area contributed by atoms with E-state index in [9.17, 15) is 0 Å². The van der Waals surface area contributed by atoms with E-state index in [4.69, 9.17) is 21.7 Å². The number of halogens is 1. The number of hydrogen-bond donors (Lipinski definition) is 2. The zero-order valence-corrected chi connectivity index (χ0v) is 42.1. The zero-order chi connectivity index (χ0) is 49.9. The average molecular weight is 964 g/mol. The molecule has 358 valence electrons. The van der Waals surface area contributed by atoms with Crippen molar-refractivity contribution in [2.75, 3.05) is 20.6 Å². The van der Waals surface area contributed by atoms with Crippen LogP contribution in [0.3, 0.4) is 0 Å². The van der Waals surface area contributed by atoms with Crippen LogP contribution in [0.2, 0.25) is 5.02 Å². The van der Waals surface area contributed by atoms with E-state index in [1.165, 1.54) is 16.7 Å². The quantitative estimate of drug-likeness (QED) is 0.0996. The molecule has 4 heterocycles. The Balaban J connectivity index is 0.000000242. The second-order valence-electron chi connectivity index (χ2n) is 18.0. The van der Waals surface area contributed by atoms with Gasteiger partial charge in [0.15, 0.2) is 0 Å². The van der Waals surface area contributed by atoms with E-state index < -0.39 is 5.54 Å². The number of aromatic nitrogens is 6. The van der Waals surface area contributed by atoms with Gasteiger partial charge in [-0.3, -0.25) is 19.7 Å². The summed E-state index contributed by atoms with van der Waals surface area (Å²) in [5.74, 6) is 0.304. The van der Waals surface area contributed by atoms with Crippen molar-refractivity contribution in [2.45, 2.75) is 38.3 Å². The number of nitrogens with one attached hydrogen (secondary N) is 2.